The molecule has 0 unspecified atom stereocenters. The van der Waals surface area contributed by atoms with Crippen LogP contribution in [0.3, 0.4) is 0 Å². The molecule has 0 bridgehead atoms. The van der Waals surface area contributed by atoms with Crippen LogP contribution in [0.5, 0.6) is 0 Å². The van der Waals surface area contributed by atoms with Crippen LogP contribution in [0.1, 0.15) is 12.8 Å². The number of aldehydes is 1. The highest BCUT2D eigenvalue weighted by Gasteiger charge is 2.27. The Bertz CT molecular complexity index is 694. The summed E-state index contributed by atoms with van der Waals surface area (Å²) in [5, 5.41) is 12.1. The lowest BCUT2D eigenvalue weighted by atomic mass is 9.97. The zero-order valence-corrected chi connectivity index (χ0v) is 11.4. The van der Waals surface area contributed by atoms with E-state index in [9.17, 15) is 14.9 Å². The molecule has 2 aromatic rings. The summed E-state index contributed by atoms with van der Waals surface area (Å²) in [6, 6.07) is 7.43. The van der Waals surface area contributed by atoms with Gasteiger partial charge in [0.05, 0.1) is 10.4 Å². The Balaban J connectivity index is 2.08. The molecular formula is C15H15N3O3. The van der Waals surface area contributed by atoms with Crippen LogP contribution < -0.4 is 4.90 Å². The fraction of sp³-hybridized carbons (Fsp3) is 0.333. The molecule has 0 aliphatic carbocycles. The zero-order chi connectivity index (χ0) is 14.8. The Hall–Kier alpha value is -2.50. The van der Waals surface area contributed by atoms with E-state index in [1.807, 2.05) is 29.2 Å². The molecule has 2 heterocycles. The number of carbonyl (C=O) groups excluding carboxylic acids is 1. The van der Waals surface area contributed by atoms with E-state index >= 15 is 0 Å². The summed E-state index contributed by atoms with van der Waals surface area (Å²) in [6.07, 6.45) is 3.77. The van der Waals surface area contributed by atoms with Gasteiger partial charge in [-0.1, -0.05) is 18.2 Å². The van der Waals surface area contributed by atoms with Gasteiger partial charge in [0.15, 0.2) is 0 Å². The number of para-hydroxylation sites is 1. The van der Waals surface area contributed by atoms with E-state index in [4.69, 9.17) is 0 Å². The summed E-state index contributed by atoms with van der Waals surface area (Å²) in [6.45, 7) is 1.30. The smallest absolute Gasteiger partial charge is 0.311 e. The lowest BCUT2D eigenvalue weighted by molar-refractivity contribution is -0.384. The van der Waals surface area contributed by atoms with E-state index in [2.05, 4.69) is 4.98 Å². The van der Waals surface area contributed by atoms with E-state index < -0.39 is 0 Å². The standard InChI is InChI=1S/C15H15N3O3/c19-10-11-5-7-17(8-6-11)15-12-3-1-2-4-13(12)16-9-14(15)18(20)21/h1-4,9-11H,5-8H2. The fourth-order valence-corrected chi connectivity index (χ4v) is 2.84. The SMILES string of the molecule is O=CC1CCN(c2c([N+](=O)[O-])cnc3ccccc23)CC1. The van der Waals surface area contributed by atoms with Crippen LogP contribution in [0.15, 0.2) is 30.5 Å². The lowest BCUT2D eigenvalue weighted by Gasteiger charge is -2.31. The molecule has 0 saturated carbocycles. The molecule has 1 fully saturated rings. The molecule has 1 aromatic carbocycles. The van der Waals surface area contributed by atoms with Crippen molar-refractivity contribution in [2.45, 2.75) is 12.8 Å². The summed E-state index contributed by atoms with van der Waals surface area (Å²) in [5.74, 6) is 0.0633. The van der Waals surface area contributed by atoms with Gasteiger partial charge in [0.1, 0.15) is 18.2 Å². The third kappa shape index (κ3) is 2.44. The first-order valence-electron chi connectivity index (χ1n) is 6.93. The molecule has 0 N–H and O–H groups in total. The minimum absolute atomic E-state index is 0.0262. The average Bonchev–Trinajstić information content (AvgIpc) is 2.53. The number of fused-ring (bicyclic) bond motifs is 1. The number of hydrogen-bond acceptors (Lipinski definition) is 5. The summed E-state index contributed by atoms with van der Waals surface area (Å²) < 4.78 is 0. The predicted molar refractivity (Wildman–Crippen MR) is 79.4 cm³/mol. The predicted octanol–water partition coefficient (Wildman–Crippen LogP) is 2.56. The number of piperidine rings is 1. The van der Waals surface area contributed by atoms with Crippen molar-refractivity contribution < 1.29 is 9.72 Å². The van der Waals surface area contributed by atoms with E-state index in [1.54, 1.807) is 0 Å². The molecule has 1 saturated heterocycles. The zero-order valence-electron chi connectivity index (χ0n) is 11.4. The first kappa shape index (κ1) is 13.5. The third-order valence-electron chi connectivity index (χ3n) is 3.97. The van der Waals surface area contributed by atoms with Crippen LogP contribution in [0.2, 0.25) is 0 Å². The maximum absolute atomic E-state index is 11.3. The van der Waals surface area contributed by atoms with Crippen molar-refractivity contribution in [3.05, 3.63) is 40.6 Å². The van der Waals surface area contributed by atoms with Gasteiger partial charge in [-0.15, -0.1) is 0 Å². The summed E-state index contributed by atoms with van der Waals surface area (Å²) >= 11 is 0. The topological polar surface area (TPSA) is 76.3 Å². The molecule has 1 aromatic heterocycles. The highest BCUT2D eigenvalue weighted by Crippen LogP contribution is 2.36. The Morgan fingerprint density at radius 1 is 1.29 bits per heavy atom. The molecule has 3 rings (SSSR count). The number of anilines is 1. The van der Waals surface area contributed by atoms with Crippen molar-refractivity contribution in [2.75, 3.05) is 18.0 Å². The van der Waals surface area contributed by atoms with Gasteiger partial charge in [-0.2, -0.15) is 0 Å². The molecule has 21 heavy (non-hydrogen) atoms. The minimum Gasteiger partial charge on any atom is -0.365 e. The summed E-state index contributed by atoms with van der Waals surface area (Å²) in [5.41, 5.74) is 1.39. The first-order valence-corrected chi connectivity index (χ1v) is 6.93. The van der Waals surface area contributed by atoms with Gasteiger partial charge in [-0.05, 0) is 18.9 Å². The van der Waals surface area contributed by atoms with Crippen LogP contribution in [0.4, 0.5) is 11.4 Å². The van der Waals surface area contributed by atoms with Crippen molar-refractivity contribution in [1.82, 2.24) is 4.98 Å². The van der Waals surface area contributed by atoms with Gasteiger partial charge < -0.3 is 9.69 Å². The van der Waals surface area contributed by atoms with Gasteiger partial charge in [0, 0.05) is 24.4 Å². The monoisotopic (exact) mass is 285 g/mol. The molecule has 1 aliphatic rings. The average molecular weight is 285 g/mol. The molecular weight excluding hydrogens is 270 g/mol. The van der Waals surface area contributed by atoms with Gasteiger partial charge in [0.25, 0.3) is 0 Å². The van der Waals surface area contributed by atoms with Gasteiger partial charge in [-0.25, -0.2) is 4.98 Å². The maximum atomic E-state index is 11.3. The Labute approximate surface area is 121 Å². The molecule has 6 nitrogen and oxygen atoms in total. The van der Waals surface area contributed by atoms with Crippen molar-refractivity contribution in [3.63, 3.8) is 0 Å². The number of rotatable bonds is 3. The number of nitrogens with zero attached hydrogens (tertiary/aromatic N) is 3. The Kier molecular flexibility index (Phi) is 3.51. The van der Waals surface area contributed by atoms with E-state index in [0.717, 1.165) is 30.0 Å². The second kappa shape index (κ2) is 5.47. The van der Waals surface area contributed by atoms with E-state index in [0.29, 0.717) is 18.8 Å². The number of aromatic nitrogens is 1. The highest BCUT2D eigenvalue weighted by molar-refractivity contribution is 5.96. The highest BCUT2D eigenvalue weighted by atomic mass is 16.6. The lowest BCUT2D eigenvalue weighted by Crippen LogP contribution is -2.34. The van der Waals surface area contributed by atoms with Crippen LogP contribution in [0, 0.1) is 16.0 Å². The quantitative estimate of drug-likeness (QED) is 0.492. The van der Waals surface area contributed by atoms with Crippen LogP contribution >= 0.6 is 0 Å². The Morgan fingerprint density at radius 3 is 2.67 bits per heavy atom. The largest absolute Gasteiger partial charge is 0.365 e. The van der Waals surface area contributed by atoms with E-state index in [-0.39, 0.29) is 16.5 Å². The Morgan fingerprint density at radius 2 is 2.00 bits per heavy atom. The normalized spacial score (nSPS) is 16.1. The van der Waals surface area contributed by atoms with Crippen molar-refractivity contribution >= 4 is 28.6 Å². The van der Waals surface area contributed by atoms with Crippen molar-refractivity contribution in [3.8, 4) is 0 Å². The van der Waals surface area contributed by atoms with Crippen molar-refractivity contribution in [1.29, 1.82) is 0 Å². The number of nitro groups is 1. The molecule has 6 heteroatoms. The minimum atomic E-state index is -0.388. The number of pyridine rings is 1. The fourth-order valence-electron chi connectivity index (χ4n) is 2.84. The number of benzene rings is 1. The first-order chi connectivity index (χ1) is 10.2. The van der Waals surface area contributed by atoms with Crippen molar-refractivity contribution in [2.24, 2.45) is 5.92 Å². The molecule has 0 radical (unpaired) electrons. The van der Waals surface area contributed by atoms with Crippen LogP contribution in [-0.4, -0.2) is 29.3 Å². The number of hydrogen-bond donors (Lipinski definition) is 0. The third-order valence-corrected chi connectivity index (χ3v) is 3.97. The maximum Gasteiger partial charge on any atom is 0.311 e. The molecule has 0 atom stereocenters. The second-order valence-electron chi connectivity index (χ2n) is 5.23. The molecule has 1 aliphatic heterocycles. The number of carbonyl (C=O) groups is 1. The van der Waals surface area contributed by atoms with Gasteiger partial charge >= 0.3 is 5.69 Å². The van der Waals surface area contributed by atoms with E-state index in [1.165, 1.54) is 6.20 Å². The molecule has 0 amide bonds. The van der Waals surface area contributed by atoms with Gasteiger partial charge in [-0.3, -0.25) is 10.1 Å². The molecule has 108 valence electrons. The summed E-state index contributed by atoms with van der Waals surface area (Å²) in [4.78, 5) is 27.9. The van der Waals surface area contributed by atoms with Crippen LogP contribution in [0.25, 0.3) is 10.9 Å². The summed E-state index contributed by atoms with van der Waals surface area (Å²) in [7, 11) is 0. The second-order valence-corrected chi connectivity index (χ2v) is 5.23. The van der Waals surface area contributed by atoms with Crippen LogP contribution in [-0.2, 0) is 4.79 Å². The molecule has 0 spiro atoms. The van der Waals surface area contributed by atoms with Gasteiger partial charge in [0.2, 0.25) is 0 Å².